The normalized spacial score (nSPS) is 13.3. The summed E-state index contributed by atoms with van der Waals surface area (Å²) in [6.45, 7) is 1.47. The van der Waals surface area contributed by atoms with E-state index in [2.05, 4.69) is 31.0 Å². The summed E-state index contributed by atoms with van der Waals surface area (Å²) < 4.78 is 2.21. The quantitative estimate of drug-likeness (QED) is 0.458. The first kappa shape index (κ1) is 18.9. The molecule has 0 aliphatic carbocycles. The molecule has 30 heavy (non-hydrogen) atoms. The Hall–Kier alpha value is -3.06. The molecule has 5 rings (SSSR count). The van der Waals surface area contributed by atoms with Crippen molar-refractivity contribution in [1.82, 2.24) is 24.8 Å². The second-order valence-corrected chi connectivity index (χ2v) is 8.45. The highest BCUT2D eigenvalue weighted by Gasteiger charge is 2.15. The third kappa shape index (κ3) is 3.98. The number of nitrogens with zero attached hydrogens (tertiary/aromatic N) is 3. The van der Waals surface area contributed by atoms with Crippen LogP contribution in [0.3, 0.4) is 0 Å². The lowest BCUT2D eigenvalue weighted by Gasteiger charge is -2.11. The molecule has 0 unspecified atom stereocenters. The van der Waals surface area contributed by atoms with Gasteiger partial charge in [0, 0.05) is 30.5 Å². The number of fused-ring (bicyclic) bond motifs is 2. The number of amides is 1. The number of H-pyrrole nitrogens is 1. The van der Waals surface area contributed by atoms with Crippen LogP contribution in [0.4, 0.5) is 0 Å². The molecule has 7 heteroatoms. The maximum Gasteiger partial charge on any atom is 0.251 e. The van der Waals surface area contributed by atoms with E-state index in [9.17, 15) is 4.79 Å². The van der Waals surface area contributed by atoms with Gasteiger partial charge in [-0.05, 0) is 36.6 Å². The van der Waals surface area contributed by atoms with Crippen molar-refractivity contribution in [2.24, 2.45) is 0 Å². The van der Waals surface area contributed by atoms with Crippen molar-refractivity contribution >= 4 is 28.7 Å². The highest BCUT2D eigenvalue weighted by atomic mass is 32.2. The minimum atomic E-state index is -0.0678. The van der Waals surface area contributed by atoms with Crippen LogP contribution in [0, 0.1) is 0 Å². The molecule has 1 aliphatic heterocycles. The number of rotatable bonds is 6. The third-order valence-corrected chi connectivity index (χ3v) is 6.30. The molecule has 0 spiro atoms. The number of carbonyl (C=O) groups excluding carboxylic acids is 1. The lowest BCUT2D eigenvalue weighted by Crippen LogP contribution is -2.24. The van der Waals surface area contributed by atoms with E-state index in [1.165, 1.54) is 12.8 Å². The first-order valence-electron chi connectivity index (χ1n) is 10.2. The van der Waals surface area contributed by atoms with E-state index in [1.807, 2.05) is 48.5 Å². The Balaban J connectivity index is 1.25. The van der Waals surface area contributed by atoms with Crippen LogP contribution < -0.4 is 5.32 Å². The third-order valence-electron chi connectivity index (χ3n) is 5.38. The van der Waals surface area contributed by atoms with E-state index in [4.69, 9.17) is 0 Å². The van der Waals surface area contributed by atoms with Crippen molar-refractivity contribution in [1.29, 1.82) is 0 Å². The zero-order valence-corrected chi connectivity index (χ0v) is 17.4. The molecule has 0 atom stereocenters. The van der Waals surface area contributed by atoms with Gasteiger partial charge in [0.2, 0.25) is 0 Å². The smallest absolute Gasteiger partial charge is 0.251 e. The first-order chi connectivity index (χ1) is 14.8. The number of benzene rings is 2. The van der Waals surface area contributed by atoms with E-state index in [0.29, 0.717) is 17.9 Å². The monoisotopic (exact) mass is 417 g/mol. The summed E-state index contributed by atoms with van der Waals surface area (Å²) in [5, 5.41) is 3.89. The van der Waals surface area contributed by atoms with Crippen molar-refractivity contribution in [2.45, 2.75) is 43.3 Å². The number of hydrogen-bond acceptors (Lipinski definition) is 4. The van der Waals surface area contributed by atoms with Gasteiger partial charge >= 0.3 is 0 Å². The fraction of sp³-hybridized carbons (Fsp3) is 0.261. The highest BCUT2D eigenvalue weighted by Crippen LogP contribution is 2.24. The molecule has 6 nitrogen and oxygen atoms in total. The molecule has 1 amide bonds. The lowest BCUT2D eigenvalue weighted by atomic mass is 10.1. The number of aromatic amines is 1. The number of para-hydroxylation sites is 2. The summed E-state index contributed by atoms with van der Waals surface area (Å²) in [4.78, 5) is 25.5. The highest BCUT2D eigenvalue weighted by molar-refractivity contribution is 7.98. The molecule has 1 aliphatic rings. The van der Waals surface area contributed by atoms with Crippen LogP contribution in [0.15, 0.2) is 59.9 Å². The molecule has 3 heterocycles. The van der Waals surface area contributed by atoms with Gasteiger partial charge in [-0.15, -0.1) is 0 Å². The Morgan fingerprint density at radius 2 is 1.97 bits per heavy atom. The Bertz CT molecular complexity index is 1140. The van der Waals surface area contributed by atoms with Gasteiger partial charge in [-0.2, -0.15) is 0 Å². The Morgan fingerprint density at radius 1 is 1.10 bits per heavy atom. The summed E-state index contributed by atoms with van der Waals surface area (Å²) in [6, 6.07) is 15.7. The predicted molar refractivity (Wildman–Crippen MR) is 118 cm³/mol. The van der Waals surface area contributed by atoms with Crippen molar-refractivity contribution in [3.05, 3.63) is 77.4 Å². The summed E-state index contributed by atoms with van der Waals surface area (Å²) >= 11 is 1.60. The Labute approximate surface area is 179 Å². The fourth-order valence-corrected chi connectivity index (χ4v) is 4.72. The fourth-order valence-electron chi connectivity index (χ4n) is 3.83. The van der Waals surface area contributed by atoms with Crippen LogP contribution in [0.1, 0.15) is 40.3 Å². The molecule has 0 saturated carbocycles. The molecule has 0 fully saturated rings. The molecule has 2 aromatic heterocycles. The van der Waals surface area contributed by atoms with Gasteiger partial charge < -0.3 is 14.9 Å². The van der Waals surface area contributed by atoms with Gasteiger partial charge in [0.15, 0.2) is 5.16 Å². The van der Waals surface area contributed by atoms with Gasteiger partial charge in [-0.25, -0.2) is 9.97 Å². The van der Waals surface area contributed by atoms with Crippen LogP contribution in [0.25, 0.3) is 11.0 Å². The maximum atomic E-state index is 12.9. The topological polar surface area (TPSA) is 75.6 Å². The molecule has 2 N–H and O–H groups in total. The number of carbonyl (C=O) groups is 1. The molecule has 0 saturated heterocycles. The number of aromatic nitrogens is 4. The molecule has 0 radical (unpaired) electrons. The minimum absolute atomic E-state index is 0.0678. The van der Waals surface area contributed by atoms with Gasteiger partial charge in [-0.1, -0.05) is 42.1 Å². The van der Waals surface area contributed by atoms with Crippen LogP contribution in [-0.4, -0.2) is 25.4 Å². The van der Waals surface area contributed by atoms with Crippen molar-refractivity contribution in [2.75, 3.05) is 0 Å². The average Bonchev–Trinajstić information content (AvgIpc) is 3.39. The zero-order chi connectivity index (χ0) is 20.3. The van der Waals surface area contributed by atoms with Gasteiger partial charge in [0.05, 0.1) is 23.3 Å². The van der Waals surface area contributed by atoms with E-state index in [-0.39, 0.29) is 5.91 Å². The molecule has 4 aromatic rings. The summed E-state index contributed by atoms with van der Waals surface area (Å²) in [7, 11) is 0. The molecular formula is C23H23N5OS. The molecule has 2 aromatic carbocycles. The van der Waals surface area contributed by atoms with Crippen LogP contribution in [0.2, 0.25) is 0 Å². The lowest BCUT2D eigenvalue weighted by molar-refractivity contribution is 0.0949. The largest absolute Gasteiger partial charge is 0.346 e. The second kappa shape index (κ2) is 8.36. The van der Waals surface area contributed by atoms with Crippen molar-refractivity contribution in [3.63, 3.8) is 0 Å². The standard InChI is InChI=1S/C23H23N5OS/c29-22(24-13-17-14-28-12-6-5-11-21(28)25-17)18-8-2-1-7-16(18)15-30-23-26-19-9-3-4-10-20(19)27-23/h1-4,7-10,14H,5-6,11-13,15H2,(H,24,29)(H,26,27). The van der Waals surface area contributed by atoms with Crippen LogP contribution in [0.5, 0.6) is 0 Å². The van der Waals surface area contributed by atoms with Crippen molar-refractivity contribution < 1.29 is 4.79 Å². The zero-order valence-electron chi connectivity index (χ0n) is 16.6. The van der Waals surface area contributed by atoms with Gasteiger partial charge in [-0.3, -0.25) is 4.79 Å². The number of thioether (sulfide) groups is 1. The van der Waals surface area contributed by atoms with Crippen molar-refractivity contribution in [3.8, 4) is 0 Å². The van der Waals surface area contributed by atoms with Crippen LogP contribution in [-0.2, 0) is 25.3 Å². The first-order valence-corrected chi connectivity index (χ1v) is 11.2. The van der Waals surface area contributed by atoms with Gasteiger partial charge in [0.1, 0.15) is 5.82 Å². The Morgan fingerprint density at radius 3 is 2.87 bits per heavy atom. The Kier molecular flexibility index (Phi) is 5.27. The van der Waals surface area contributed by atoms with E-state index >= 15 is 0 Å². The number of imidazole rings is 2. The van der Waals surface area contributed by atoms with Gasteiger partial charge in [0.25, 0.3) is 5.91 Å². The molecule has 0 bridgehead atoms. The van der Waals surface area contributed by atoms with E-state index in [1.54, 1.807) is 11.8 Å². The van der Waals surface area contributed by atoms with Crippen LogP contribution >= 0.6 is 11.8 Å². The summed E-state index contributed by atoms with van der Waals surface area (Å²) in [6.07, 6.45) is 5.48. The molecule has 152 valence electrons. The van der Waals surface area contributed by atoms with E-state index in [0.717, 1.165) is 46.2 Å². The maximum absolute atomic E-state index is 12.9. The van der Waals surface area contributed by atoms with E-state index < -0.39 is 0 Å². The minimum Gasteiger partial charge on any atom is -0.346 e. The number of nitrogens with one attached hydrogen (secondary N) is 2. The SMILES string of the molecule is O=C(NCc1cn2c(n1)CCCC2)c1ccccc1CSc1nc2ccccc2[nH]1. The summed E-state index contributed by atoms with van der Waals surface area (Å²) in [5.41, 5.74) is 4.59. The molecular weight excluding hydrogens is 394 g/mol. The average molecular weight is 418 g/mol. The second-order valence-electron chi connectivity index (χ2n) is 7.49. The predicted octanol–water partition coefficient (Wildman–Crippen LogP) is 4.32. The number of hydrogen-bond donors (Lipinski definition) is 2. The summed E-state index contributed by atoms with van der Waals surface area (Å²) in [5.74, 6) is 1.73. The number of aryl methyl sites for hydroxylation is 2.